The van der Waals surface area contributed by atoms with Crippen LogP contribution in [-0.4, -0.2) is 44.9 Å². The zero-order valence-corrected chi connectivity index (χ0v) is 11.6. The summed E-state index contributed by atoms with van der Waals surface area (Å²) in [6.07, 6.45) is 1.71. The van der Waals surface area contributed by atoms with Gasteiger partial charge in [0, 0.05) is 12.6 Å². The minimum Gasteiger partial charge on any atom is -0.390 e. The third-order valence-corrected chi connectivity index (χ3v) is 3.75. The molecule has 0 aromatic carbocycles. The Hall–Kier alpha value is -1.25. The molecular weight excluding hydrogens is 317 g/mol. The summed E-state index contributed by atoms with van der Waals surface area (Å²) in [6.45, 7) is 1.38. The molecule has 0 spiro atoms. The summed E-state index contributed by atoms with van der Waals surface area (Å²) in [5.41, 5.74) is 0.309. The molecule has 0 bridgehead atoms. The second-order valence-corrected chi connectivity index (χ2v) is 5.32. The van der Waals surface area contributed by atoms with E-state index in [1.54, 1.807) is 0 Å². The molecule has 3 heterocycles. The summed E-state index contributed by atoms with van der Waals surface area (Å²) in [6, 6.07) is 1.24. The van der Waals surface area contributed by atoms with Crippen molar-refractivity contribution >= 4 is 27.4 Å². The van der Waals surface area contributed by atoms with Crippen molar-refractivity contribution in [2.45, 2.75) is 18.6 Å². The molecule has 2 atom stereocenters. The number of nitrogens with one attached hydrogen (secondary N) is 2. The van der Waals surface area contributed by atoms with Crippen LogP contribution in [0.3, 0.4) is 0 Å². The molecule has 6 nitrogen and oxygen atoms in total. The van der Waals surface area contributed by atoms with Gasteiger partial charge in [-0.1, -0.05) is 0 Å². The molecule has 0 aliphatic carbocycles. The van der Waals surface area contributed by atoms with Gasteiger partial charge in [-0.3, -0.25) is 0 Å². The van der Waals surface area contributed by atoms with Crippen molar-refractivity contribution in [2.24, 2.45) is 0 Å². The minimum absolute atomic E-state index is 0.0992. The quantitative estimate of drug-likeness (QED) is 0.758. The van der Waals surface area contributed by atoms with Crippen molar-refractivity contribution in [3.63, 3.8) is 0 Å². The molecule has 0 unspecified atom stereocenters. The summed E-state index contributed by atoms with van der Waals surface area (Å²) < 4.78 is 15.4. The molecule has 0 radical (unpaired) electrons. The number of nitrogens with zero attached hydrogens (tertiary/aromatic N) is 3. The van der Waals surface area contributed by atoms with Crippen LogP contribution in [0.15, 0.2) is 16.9 Å². The van der Waals surface area contributed by atoms with Crippen molar-refractivity contribution in [2.75, 3.05) is 18.4 Å². The molecule has 1 aliphatic rings. The molecule has 8 heteroatoms. The molecular formula is C11H13BrFN5O. The van der Waals surface area contributed by atoms with E-state index in [0.717, 1.165) is 13.0 Å². The van der Waals surface area contributed by atoms with Crippen LogP contribution in [0.2, 0.25) is 0 Å². The zero-order chi connectivity index (χ0) is 13.4. The fourth-order valence-electron chi connectivity index (χ4n) is 2.16. The minimum atomic E-state index is -0.488. The highest BCUT2D eigenvalue weighted by Crippen LogP contribution is 2.19. The lowest BCUT2D eigenvalue weighted by Gasteiger charge is -2.28. The summed E-state index contributed by atoms with van der Waals surface area (Å²) in [7, 11) is 0. The van der Waals surface area contributed by atoms with Crippen LogP contribution in [0.4, 0.5) is 10.3 Å². The standard InChI is InChI=1S/C11H13BrFN5O/c12-10-3-6(13)8-4-15-11(17-18(8)10)16-7-1-2-14-5-9(7)19/h3-4,7,9,14,19H,1-2,5H2,(H,16,17)/t7-,9-/m1/s1. The molecule has 1 fully saturated rings. The van der Waals surface area contributed by atoms with Gasteiger partial charge in [-0.05, 0) is 28.9 Å². The van der Waals surface area contributed by atoms with Crippen LogP contribution in [0.5, 0.6) is 0 Å². The van der Waals surface area contributed by atoms with Gasteiger partial charge in [0.15, 0.2) is 5.82 Å². The van der Waals surface area contributed by atoms with Gasteiger partial charge in [0.25, 0.3) is 0 Å². The molecule has 3 rings (SSSR count). The molecule has 1 aliphatic heterocycles. The van der Waals surface area contributed by atoms with Crippen LogP contribution in [0, 0.1) is 5.82 Å². The Kier molecular flexibility index (Phi) is 3.38. The van der Waals surface area contributed by atoms with Gasteiger partial charge in [-0.15, -0.1) is 5.10 Å². The molecule has 102 valence electrons. The Bertz CT molecular complexity index is 604. The highest BCUT2D eigenvalue weighted by atomic mass is 79.9. The molecule has 1 saturated heterocycles. The number of anilines is 1. The van der Waals surface area contributed by atoms with Crippen molar-refractivity contribution in [3.05, 3.63) is 22.7 Å². The summed E-state index contributed by atoms with van der Waals surface area (Å²) in [4.78, 5) is 4.07. The first-order chi connectivity index (χ1) is 9.15. The van der Waals surface area contributed by atoms with Crippen molar-refractivity contribution in [1.82, 2.24) is 19.9 Å². The normalized spacial score (nSPS) is 23.7. The van der Waals surface area contributed by atoms with Crippen LogP contribution < -0.4 is 10.6 Å². The lowest BCUT2D eigenvalue weighted by Crippen LogP contribution is -2.47. The number of halogens is 2. The first-order valence-corrected chi connectivity index (χ1v) is 6.79. The van der Waals surface area contributed by atoms with Gasteiger partial charge in [0.1, 0.15) is 10.1 Å². The SMILES string of the molecule is O[C@@H]1CNCC[C@H]1Nc1ncc2c(F)cc(Br)n2n1. The lowest BCUT2D eigenvalue weighted by molar-refractivity contribution is 0.128. The predicted molar refractivity (Wildman–Crippen MR) is 71.5 cm³/mol. The Labute approximate surface area is 117 Å². The van der Waals surface area contributed by atoms with Crippen LogP contribution >= 0.6 is 15.9 Å². The second-order valence-electron chi connectivity index (χ2n) is 4.50. The fraction of sp³-hybridized carbons (Fsp3) is 0.455. The average molecular weight is 330 g/mol. The van der Waals surface area contributed by atoms with E-state index >= 15 is 0 Å². The number of aromatic nitrogens is 3. The van der Waals surface area contributed by atoms with E-state index in [4.69, 9.17) is 0 Å². The summed E-state index contributed by atoms with van der Waals surface area (Å²) in [5.74, 6) is -0.00456. The molecule has 19 heavy (non-hydrogen) atoms. The van der Waals surface area contributed by atoms with Crippen molar-refractivity contribution in [3.8, 4) is 0 Å². The number of aliphatic hydroxyl groups excluding tert-OH is 1. The number of hydrogen-bond acceptors (Lipinski definition) is 5. The largest absolute Gasteiger partial charge is 0.390 e. The van der Waals surface area contributed by atoms with E-state index in [1.165, 1.54) is 16.8 Å². The Morgan fingerprint density at radius 1 is 1.58 bits per heavy atom. The average Bonchev–Trinajstić information content (AvgIpc) is 2.68. The molecule has 2 aromatic heterocycles. The van der Waals surface area contributed by atoms with Gasteiger partial charge in [-0.25, -0.2) is 13.9 Å². The van der Waals surface area contributed by atoms with Gasteiger partial charge in [-0.2, -0.15) is 0 Å². The van der Waals surface area contributed by atoms with E-state index in [2.05, 4.69) is 36.6 Å². The van der Waals surface area contributed by atoms with E-state index in [9.17, 15) is 9.50 Å². The third kappa shape index (κ3) is 2.43. The summed E-state index contributed by atoms with van der Waals surface area (Å²) >= 11 is 3.23. The predicted octanol–water partition coefficient (Wildman–Crippen LogP) is 0.766. The molecule has 2 aromatic rings. The Balaban J connectivity index is 1.86. The van der Waals surface area contributed by atoms with Crippen LogP contribution in [-0.2, 0) is 0 Å². The smallest absolute Gasteiger partial charge is 0.241 e. The van der Waals surface area contributed by atoms with Gasteiger partial charge < -0.3 is 15.7 Å². The van der Waals surface area contributed by atoms with Crippen molar-refractivity contribution in [1.29, 1.82) is 0 Å². The maximum atomic E-state index is 13.5. The maximum Gasteiger partial charge on any atom is 0.241 e. The number of hydrogen-bond donors (Lipinski definition) is 3. The number of aliphatic hydroxyl groups is 1. The first kappa shape index (κ1) is 12.8. The van der Waals surface area contributed by atoms with Gasteiger partial charge in [0.05, 0.1) is 18.3 Å². The number of β-amino-alcohol motifs (C(OH)–C–C–N with tert-alkyl or cyclic N) is 1. The number of rotatable bonds is 2. The third-order valence-electron chi connectivity index (χ3n) is 3.19. The van der Waals surface area contributed by atoms with E-state index in [0.29, 0.717) is 22.6 Å². The van der Waals surface area contributed by atoms with Gasteiger partial charge >= 0.3 is 0 Å². The zero-order valence-electron chi connectivity index (χ0n) is 9.98. The van der Waals surface area contributed by atoms with Gasteiger partial charge in [0.2, 0.25) is 5.95 Å². The summed E-state index contributed by atoms with van der Waals surface area (Å²) in [5, 5.41) is 20.2. The monoisotopic (exact) mass is 329 g/mol. The Morgan fingerprint density at radius 3 is 3.21 bits per heavy atom. The number of fused-ring (bicyclic) bond motifs is 1. The van der Waals surface area contributed by atoms with Crippen LogP contribution in [0.25, 0.3) is 5.52 Å². The molecule has 0 amide bonds. The second kappa shape index (κ2) is 5.03. The Morgan fingerprint density at radius 2 is 2.42 bits per heavy atom. The lowest BCUT2D eigenvalue weighted by atomic mass is 10.0. The maximum absolute atomic E-state index is 13.5. The first-order valence-electron chi connectivity index (χ1n) is 6.00. The highest BCUT2D eigenvalue weighted by molar-refractivity contribution is 9.10. The fourth-order valence-corrected chi connectivity index (χ4v) is 2.63. The van der Waals surface area contributed by atoms with E-state index in [1.807, 2.05) is 0 Å². The molecule has 0 saturated carbocycles. The van der Waals surface area contributed by atoms with E-state index < -0.39 is 6.10 Å². The number of piperidine rings is 1. The topological polar surface area (TPSA) is 74.5 Å². The van der Waals surface area contributed by atoms with Crippen LogP contribution in [0.1, 0.15) is 6.42 Å². The molecule has 3 N–H and O–H groups in total. The highest BCUT2D eigenvalue weighted by Gasteiger charge is 2.23. The van der Waals surface area contributed by atoms with Crippen molar-refractivity contribution < 1.29 is 9.50 Å². The van der Waals surface area contributed by atoms with E-state index in [-0.39, 0.29) is 11.9 Å².